The molecule has 0 aromatic carbocycles. The molecule has 2 aliphatic rings. The van der Waals surface area contributed by atoms with Crippen LogP contribution in [-0.2, 0) is 17.9 Å². The van der Waals surface area contributed by atoms with Crippen LogP contribution in [0, 0.1) is 0 Å². The van der Waals surface area contributed by atoms with Crippen LogP contribution in [0.4, 0.5) is 5.95 Å². The van der Waals surface area contributed by atoms with Gasteiger partial charge < -0.3 is 19.3 Å². The first-order chi connectivity index (χ1) is 10.8. The highest BCUT2D eigenvalue weighted by Gasteiger charge is 2.19. The molecule has 0 spiro atoms. The highest BCUT2D eigenvalue weighted by Crippen LogP contribution is 2.22. The third-order valence-corrected chi connectivity index (χ3v) is 4.25. The van der Waals surface area contributed by atoms with Gasteiger partial charge in [0.1, 0.15) is 12.4 Å². The summed E-state index contributed by atoms with van der Waals surface area (Å²) in [4.78, 5) is 15.6. The molecular formula is C15H19N5O2. The minimum atomic E-state index is -0.186. The fraction of sp³-hybridized carbons (Fsp3) is 0.533. The number of aliphatic hydroxyl groups is 1. The number of hydrogen-bond acceptors (Lipinski definition) is 6. The number of aliphatic hydroxyl groups excluding tert-OH is 1. The lowest BCUT2D eigenvalue weighted by atomic mass is 10.1. The highest BCUT2D eigenvalue weighted by molar-refractivity contribution is 5.57. The van der Waals surface area contributed by atoms with Crippen molar-refractivity contribution in [2.24, 2.45) is 0 Å². The lowest BCUT2D eigenvalue weighted by molar-refractivity contribution is 0.0816. The Hall–Kier alpha value is -1.99. The molecule has 0 radical (unpaired) electrons. The summed E-state index contributed by atoms with van der Waals surface area (Å²) in [5.41, 5.74) is 1.81. The molecular weight excluding hydrogens is 282 g/mol. The summed E-state index contributed by atoms with van der Waals surface area (Å²) >= 11 is 0. The van der Waals surface area contributed by atoms with Gasteiger partial charge in [0.05, 0.1) is 18.4 Å². The number of fused-ring (bicyclic) bond motifs is 1. The van der Waals surface area contributed by atoms with E-state index in [4.69, 9.17) is 4.74 Å². The van der Waals surface area contributed by atoms with Crippen LogP contribution in [0.1, 0.15) is 18.7 Å². The van der Waals surface area contributed by atoms with E-state index in [2.05, 4.69) is 24.4 Å². The standard InChI is InChI=1S/C15H19N5O2/c21-12-1-3-19(4-2-12)15-16-7-11(8-17-15)13-9-20-5-6-22-10-14(20)18-13/h7-9,12,21H,1-6,10H2. The quantitative estimate of drug-likeness (QED) is 0.885. The molecule has 0 amide bonds. The minimum Gasteiger partial charge on any atom is -0.393 e. The third-order valence-electron chi connectivity index (χ3n) is 4.25. The zero-order valence-electron chi connectivity index (χ0n) is 12.4. The monoisotopic (exact) mass is 301 g/mol. The van der Waals surface area contributed by atoms with Gasteiger partial charge >= 0.3 is 0 Å². The van der Waals surface area contributed by atoms with E-state index < -0.39 is 0 Å². The molecule has 22 heavy (non-hydrogen) atoms. The number of hydrogen-bond donors (Lipinski definition) is 1. The highest BCUT2D eigenvalue weighted by atomic mass is 16.5. The number of anilines is 1. The smallest absolute Gasteiger partial charge is 0.225 e. The summed E-state index contributed by atoms with van der Waals surface area (Å²) in [5, 5.41) is 9.56. The van der Waals surface area contributed by atoms with Crippen molar-refractivity contribution in [3.05, 3.63) is 24.4 Å². The van der Waals surface area contributed by atoms with Crippen molar-refractivity contribution in [3.8, 4) is 11.3 Å². The van der Waals surface area contributed by atoms with Gasteiger partial charge in [-0.15, -0.1) is 0 Å². The maximum absolute atomic E-state index is 9.56. The Morgan fingerprint density at radius 1 is 1.14 bits per heavy atom. The molecule has 7 nitrogen and oxygen atoms in total. The van der Waals surface area contributed by atoms with Crippen molar-refractivity contribution in [2.75, 3.05) is 24.6 Å². The molecule has 0 unspecified atom stereocenters. The SMILES string of the molecule is OC1CCN(c2ncc(-c3cn4c(n3)COCC4)cn2)CC1. The Morgan fingerprint density at radius 2 is 1.91 bits per heavy atom. The van der Waals surface area contributed by atoms with Gasteiger partial charge in [-0.05, 0) is 12.8 Å². The summed E-state index contributed by atoms with van der Waals surface area (Å²) < 4.78 is 7.53. The molecule has 1 fully saturated rings. The van der Waals surface area contributed by atoms with E-state index in [9.17, 15) is 5.11 Å². The van der Waals surface area contributed by atoms with E-state index in [0.717, 1.165) is 62.1 Å². The minimum absolute atomic E-state index is 0.186. The molecule has 4 heterocycles. The number of aromatic nitrogens is 4. The second-order valence-corrected chi connectivity index (χ2v) is 5.78. The van der Waals surface area contributed by atoms with Crippen LogP contribution in [0.5, 0.6) is 0 Å². The Labute approximate surface area is 128 Å². The lowest BCUT2D eigenvalue weighted by Crippen LogP contribution is -2.36. The molecule has 116 valence electrons. The van der Waals surface area contributed by atoms with Gasteiger partial charge in [0.15, 0.2) is 0 Å². The zero-order chi connectivity index (χ0) is 14.9. The fourth-order valence-electron chi connectivity index (χ4n) is 2.91. The van der Waals surface area contributed by atoms with Crippen LogP contribution in [0.3, 0.4) is 0 Å². The van der Waals surface area contributed by atoms with Gasteiger partial charge in [-0.3, -0.25) is 0 Å². The van der Waals surface area contributed by atoms with Gasteiger partial charge in [-0.2, -0.15) is 0 Å². The topological polar surface area (TPSA) is 76.3 Å². The maximum atomic E-state index is 9.56. The van der Waals surface area contributed by atoms with Crippen molar-refractivity contribution in [2.45, 2.75) is 32.1 Å². The van der Waals surface area contributed by atoms with Gasteiger partial charge in [0.25, 0.3) is 0 Å². The van der Waals surface area contributed by atoms with Crippen LogP contribution in [0.15, 0.2) is 18.6 Å². The van der Waals surface area contributed by atoms with Crippen molar-refractivity contribution in [1.29, 1.82) is 0 Å². The average molecular weight is 301 g/mol. The first-order valence-electron chi connectivity index (χ1n) is 7.69. The number of rotatable bonds is 2. The van der Waals surface area contributed by atoms with Crippen LogP contribution < -0.4 is 4.90 Å². The summed E-state index contributed by atoms with van der Waals surface area (Å²) in [6.07, 6.45) is 7.05. The van der Waals surface area contributed by atoms with E-state index in [-0.39, 0.29) is 6.10 Å². The number of nitrogens with zero attached hydrogens (tertiary/aromatic N) is 5. The van der Waals surface area contributed by atoms with Crippen LogP contribution in [0.25, 0.3) is 11.3 Å². The Morgan fingerprint density at radius 3 is 2.64 bits per heavy atom. The first-order valence-corrected chi connectivity index (χ1v) is 7.69. The average Bonchev–Trinajstić information content (AvgIpc) is 3.00. The van der Waals surface area contributed by atoms with Crippen molar-refractivity contribution in [3.63, 3.8) is 0 Å². The van der Waals surface area contributed by atoms with E-state index in [1.807, 2.05) is 18.6 Å². The molecule has 0 atom stereocenters. The van der Waals surface area contributed by atoms with Crippen molar-refractivity contribution < 1.29 is 9.84 Å². The summed E-state index contributed by atoms with van der Waals surface area (Å²) in [6.45, 7) is 3.75. The van der Waals surface area contributed by atoms with Crippen LogP contribution in [-0.4, -0.2) is 50.4 Å². The molecule has 0 aliphatic carbocycles. The second kappa shape index (κ2) is 5.66. The van der Waals surface area contributed by atoms with Gasteiger partial charge in [-0.1, -0.05) is 0 Å². The predicted molar refractivity (Wildman–Crippen MR) is 80.4 cm³/mol. The molecule has 0 bridgehead atoms. The molecule has 2 aromatic rings. The zero-order valence-corrected chi connectivity index (χ0v) is 12.4. The van der Waals surface area contributed by atoms with Crippen LogP contribution >= 0.6 is 0 Å². The Balaban J connectivity index is 1.53. The van der Waals surface area contributed by atoms with E-state index in [1.165, 1.54) is 0 Å². The second-order valence-electron chi connectivity index (χ2n) is 5.78. The summed E-state index contributed by atoms with van der Waals surface area (Å²) in [5.74, 6) is 1.68. The van der Waals surface area contributed by atoms with Crippen molar-refractivity contribution in [1.82, 2.24) is 19.5 Å². The molecule has 0 saturated carbocycles. The third kappa shape index (κ3) is 2.57. The van der Waals surface area contributed by atoms with E-state index in [0.29, 0.717) is 6.61 Å². The maximum Gasteiger partial charge on any atom is 0.225 e. The summed E-state index contributed by atoms with van der Waals surface area (Å²) in [7, 11) is 0. The van der Waals surface area contributed by atoms with E-state index in [1.54, 1.807) is 0 Å². The van der Waals surface area contributed by atoms with Crippen molar-refractivity contribution >= 4 is 5.95 Å². The van der Waals surface area contributed by atoms with Gasteiger partial charge in [0, 0.05) is 43.8 Å². The summed E-state index contributed by atoms with van der Waals surface area (Å²) in [6, 6.07) is 0. The normalized spacial score (nSPS) is 19.2. The number of piperidine rings is 1. The predicted octanol–water partition coefficient (Wildman–Crippen LogP) is 0.831. The van der Waals surface area contributed by atoms with Gasteiger partial charge in [0.2, 0.25) is 5.95 Å². The molecule has 2 aromatic heterocycles. The number of ether oxygens (including phenoxy) is 1. The van der Waals surface area contributed by atoms with E-state index >= 15 is 0 Å². The molecule has 7 heteroatoms. The fourth-order valence-corrected chi connectivity index (χ4v) is 2.91. The molecule has 1 N–H and O–H groups in total. The Bertz CT molecular complexity index is 623. The Kier molecular flexibility index (Phi) is 3.51. The number of imidazole rings is 1. The molecule has 4 rings (SSSR count). The van der Waals surface area contributed by atoms with Crippen LogP contribution in [0.2, 0.25) is 0 Å². The largest absolute Gasteiger partial charge is 0.393 e. The molecule has 1 saturated heterocycles. The lowest BCUT2D eigenvalue weighted by Gasteiger charge is -2.29. The van der Waals surface area contributed by atoms with Gasteiger partial charge in [-0.25, -0.2) is 15.0 Å². The first kappa shape index (κ1) is 13.7. The molecule has 2 aliphatic heterocycles.